The number of hydrogen-bond donors (Lipinski definition) is 1. The second-order valence-corrected chi connectivity index (χ2v) is 4.39. The van der Waals surface area contributed by atoms with Crippen molar-refractivity contribution < 1.29 is 9.47 Å². The molecule has 2 rings (SSSR count). The molecule has 3 nitrogen and oxygen atoms in total. The van der Waals surface area contributed by atoms with Crippen LogP contribution in [0.15, 0.2) is 18.2 Å². The van der Waals surface area contributed by atoms with Crippen LogP contribution in [-0.2, 0) is 6.42 Å². The van der Waals surface area contributed by atoms with Crippen LogP contribution in [0, 0.1) is 0 Å². The average Bonchev–Trinajstić information content (AvgIpc) is 2.34. The van der Waals surface area contributed by atoms with Crippen molar-refractivity contribution in [1.82, 2.24) is 0 Å². The number of fused-ring (bicyclic) bond motifs is 1. The Bertz CT molecular complexity index is 415. The Morgan fingerprint density at radius 1 is 1.31 bits per heavy atom. The summed E-state index contributed by atoms with van der Waals surface area (Å²) in [5.41, 5.74) is 4.30. The van der Waals surface area contributed by atoms with E-state index in [4.69, 9.17) is 38.7 Å². The zero-order valence-electron chi connectivity index (χ0n) is 9.07. The smallest absolute Gasteiger partial charge is 0.175 e. The van der Waals surface area contributed by atoms with E-state index in [9.17, 15) is 0 Å². The Hall–Kier alpha value is -1.03. The molecule has 0 spiro atoms. The molecule has 0 aromatic heterocycles. The molecular formula is C10H10B3NO2. The molecule has 1 heterocycles. The van der Waals surface area contributed by atoms with Gasteiger partial charge in [-0.15, -0.1) is 0 Å². The molecule has 0 bridgehead atoms. The van der Waals surface area contributed by atoms with Gasteiger partial charge in [0.25, 0.3) is 0 Å². The minimum Gasteiger partial charge on any atom is -0.468 e. The Morgan fingerprint density at radius 3 is 2.56 bits per heavy atom. The summed E-state index contributed by atoms with van der Waals surface area (Å²) in [4.78, 5) is 0. The molecule has 0 saturated heterocycles. The van der Waals surface area contributed by atoms with Gasteiger partial charge in [-0.3, -0.25) is 0 Å². The quantitative estimate of drug-likeness (QED) is 0.685. The standard InChI is InChI=1S/C10H10B3NO2/c1-9(11,14)5-6-2-3-7-8(4-6)16-10(12,13)15-7/h2-4H,5,14H2,1H3. The van der Waals surface area contributed by atoms with Gasteiger partial charge < -0.3 is 15.2 Å². The molecule has 0 aliphatic carbocycles. The van der Waals surface area contributed by atoms with E-state index in [0.717, 1.165) is 5.56 Å². The van der Waals surface area contributed by atoms with E-state index in [1.54, 1.807) is 19.1 Å². The lowest BCUT2D eigenvalue weighted by Crippen LogP contribution is -2.39. The van der Waals surface area contributed by atoms with Gasteiger partial charge in [-0.1, -0.05) is 13.0 Å². The number of benzene rings is 1. The Kier molecular flexibility index (Phi) is 2.50. The summed E-state index contributed by atoms with van der Waals surface area (Å²) in [7, 11) is 16.7. The molecule has 0 amide bonds. The number of ether oxygens (including phenoxy) is 2. The van der Waals surface area contributed by atoms with Crippen LogP contribution in [0.2, 0.25) is 0 Å². The third kappa shape index (κ3) is 2.56. The van der Waals surface area contributed by atoms with Crippen molar-refractivity contribution in [1.29, 1.82) is 0 Å². The summed E-state index contributed by atoms with van der Waals surface area (Å²) in [6, 6.07) is 5.36. The van der Waals surface area contributed by atoms with Crippen molar-refractivity contribution in [2.45, 2.75) is 24.4 Å². The molecule has 76 valence electrons. The first-order chi connectivity index (χ1) is 7.25. The van der Waals surface area contributed by atoms with Crippen LogP contribution < -0.4 is 15.2 Å². The molecule has 6 heteroatoms. The first-order valence-electron chi connectivity index (χ1n) is 4.92. The van der Waals surface area contributed by atoms with Crippen molar-refractivity contribution in [3.8, 4) is 11.5 Å². The van der Waals surface area contributed by atoms with Crippen molar-refractivity contribution in [2.24, 2.45) is 5.73 Å². The van der Waals surface area contributed by atoms with Crippen molar-refractivity contribution in [2.75, 3.05) is 0 Å². The lowest BCUT2D eigenvalue weighted by molar-refractivity contribution is 0.0833. The largest absolute Gasteiger partial charge is 0.468 e. The highest BCUT2D eigenvalue weighted by atomic mass is 16.7. The van der Waals surface area contributed by atoms with E-state index >= 15 is 0 Å². The highest BCUT2D eigenvalue weighted by Crippen LogP contribution is 2.37. The molecule has 1 aliphatic rings. The van der Waals surface area contributed by atoms with Gasteiger partial charge in [-0.2, -0.15) is 0 Å². The minimum absolute atomic E-state index is 0.506. The fourth-order valence-corrected chi connectivity index (χ4v) is 1.63. The van der Waals surface area contributed by atoms with Gasteiger partial charge in [0.1, 0.15) is 0 Å². The lowest BCUT2D eigenvalue weighted by Gasteiger charge is -2.19. The molecule has 16 heavy (non-hydrogen) atoms. The average molecular weight is 209 g/mol. The zero-order valence-corrected chi connectivity index (χ0v) is 9.07. The van der Waals surface area contributed by atoms with Crippen molar-refractivity contribution in [3.63, 3.8) is 0 Å². The monoisotopic (exact) mass is 209 g/mol. The summed E-state index contributed by atoms with van der Waals surface area (Å²) in [5, 5.41) is 0. The van der Waals surface area contributed by atoms with Crippen LogP contribution in [0.1, 0.15) is 12.5 Å². The second kappa shape index (κ2) is 3.49. The fraction of sp³-hybridized carbons (Fsp3) is 0.400. The van der Waals surface area contributed by atoms with E-state index in [-0.39, 0.29) is 0 Å². The SMILES string of the molecule is [B]C(C)(N)Cc1ccc2c(c1)OC([B])([B])O2. The Morgan fingerprint density at radius 2 is 1.94 bits per heavy atom. The molecule has 1 aromatic carbocycles. The summed E-state index contributed by atoms with van der Waals surface area (Å²) in [6.45, 7) is 1.74. The van der Waals surface area contributed by atoms with Gasteiger partial charge in [-0.05, 0) is 29.6 Å². The van der Waals surface area contributed by atoms with E-state index < -0.39 is 11.0 Å². The maximum atomic E-state index is 5.72. The first-order valence-corrected chi connectivity index (χ1v) is 4.92. The van der Waals surface area contributed by atoms with Crippen LogP contribution in [0.4, 0.5) is 0 Å². The van der Waals surface area contributed by atoms with E-state index in [1.807, 2.05) is 6.07 Å². The molecule has 1 aliphatic heterocycles. The van der Waals surface area contributed by atoms with Crippen LogP contribution >= 0.6 is 0 Å². The normalized spacial score (nSPS) is 20.4. The third-order valence-electron chi connectivity index (χ3n) is 2.13. The molecule has 0 saturated carbocycles. The van der Waals surface area contributed by atoms with Gasteiger partial charge in [0, 0.05) is 0 Å². The predicted octanol–water partition coefficient (Wildman–Crippen LogP) is -0.208. The van der Waals surface area contributed by atoms with E-state index in [2.05, 4.69) is 0 Å². The molecule has 1 atom stereocenters. The topological polar surface area (TPSA) is 44.5 Å². The highest BCUT2D eigenvalue weighted by Gasteiger charge is 2.30. The molecule has 1 aromatic rings. The van der Waals surface area contributed by atoms with Crippen molar-refractivity contribution >= 4 is 23.5 Å². The number of nitrogens with two attached hydrogens (primary N) is 1. The third-order valence-corrected chi connectivity index (χ3v) is 2.13. The predicted molar refractivity (Wildman–Crippen MR) is 64.0 cm³/mol. The summed E-state index contributed by atoms with van der Waals surface area (Å²) in [5.74, 6) is 1.02. The highest BCUT2D eigenvalue weighted by molar-refractivity contribution is 6.38. The molecule has 6 radical (unpaired) electrons. The zero-order chi connectivity index (χ0) is 12.0. The summed E-state index contributed by atoms with van der Waals surface area (Å²) in [6.07, 6.45) is 0.520. The van der Waals surface area contributed by atoms with Crippen LogP contribution in [-0.4, -0.2) is 34.6 Å². The van der Waals surface area contributed by atoms with Crippen LogP contribution in [0.3, 0.4) is 0 Å². The van der Waals surface area contributed by atoms with E-state index in [1.165, 1.54) is 0 Å². The first kappa shape index (κ1) is 11.5. The molecular weight excluding hydrogens is 199 g/mol. The summed E-state index contributed by atoms with van der Waals surface area (Å²) < 4.78 is 10.4. The molecule has 1 unspecified atom stereocenters. The van der Waals surface area contributed by atoms with Gasteiger partial charge in [0.2, 0.25) is 0 Å². The molecule has 2 N–H and O–H groups in total. The van der Waals surface area contributed by atoms with Gasteiger partial charge in [0.05, 0.1) is 7.85 Å². The van der Waals surface area contributed by atoms with Gasteiger partial charge in [-0.25, -0.2) is 0 Å². The van der Waals surface area contributed by atoms with Crippen LogP contribution in [0.5, 0.6) is 11.5 Å². The van der Waals surface area contributed by atoms with Crippen molar-refractivity contribution in [3.05, 3.63) is 23.8 Å². The van der Waals surface area contributed by atoms with Crippen LogP contribution in [0.25, 0.3) is 0 Å². The maximum Gasteiger partial charge on any atom is 0.175 e. The van der Waals surface area contributed by atoms with Gasteiger partial charge >= 0.3 is 0 Å². The number of hydrogen-bond acceptors (Lipinski definition) is 3. The summed E-state index contributed by atoms with van der Waals surface area (Å²) >= 11 is 0. The number of rotatable bonds is 2. The minimum atomic E-state index is -1.59. The second-order valence-electron chi connectivity index (χ2n) is 4.39. The Labute approximate surface area is 98.9 Å². The van der Waals surface area contributed by atoms with E-state index in [0.29, 0.717) is 17.9 Å². The maximum absolute atomic E-state index is 5.72. The lowest BCUT2D eigenvalue weighted by atomic mass is 9.76. The Balaban J connectivity index is 2.23. The molecule has 0 fully saturated rings. The fourth-order valence-electron chi connectivity index (χ4n) is 1.63. The van der Waals surface area contributed by atoms with Gasteiger partial charge in [0.15, 0.2) is 32.8 Å².